The summed E-state index contributed by atoms with van der Waals surface area (Å²) in [5.74, 6) is -2.01. The molecule has 0 fully saturated rings. The number of thioether (sulfide) groups is 1. The van der Waals surface area contributed by atoms with Crippen LogP contribution >= 0.6 is 11.8 Å². The Balaban J connectivity index is 1.79. The van der Waals surface area contributed by atoms with Crippen molar-refractivity contribution < 1.29 is 14.4 Å². The topological polar surface area (TPSA) is 75.3 Å². The van der Waals surface area contributed by atoms with Crippen molar-refractivity contribution in [1.82, 2.24) is 0 Å². The zero-order chi connectivity index (χ0) is 17.3. The molecule has 6 heteroatoms. The minimum absolute atomic E-state index is 0.472. The van der Waals surface area contributed by atoms with Crippen molar-refractivity contribution in [2.75, 3.05) is 10.6 Å². The van der Waals surface area contributed by atoms with Gasteiger partial charge in [-0.05, 0) is 37.1 Å². The van der Waals surface area contributed by atoms with Gasteiger partial charge in [0.05, 0.1) is 5.69 Å². The van der Waals surface area contributed by atoms with Gasteiger partial charge in [-0.1, -0.05) is 30.3 Å². The van der Waals surface area contributed by atoms with Gasteiger partial charge in [0, 0.05) is 10.6 Å². The zero-order valence-electron chi connectivity index (χ0n) is 13.3. The van der Waals surface area contributed by atoms with Crippen LogP contribution in [0.4, 0.5) is 11.4 Å². The molecule has 0 unspecified atom stereocenters. The molecule has 1 aliphatic rings. The summed E-state index contributed by atoms with van der Waals surface area (Å²) in [6.45, 7) is 3.71. The van der Waals surface area contributed by atoms with Crippen molar-refractivity contribution in [3.63, 3.8) is 0 Å². The van der Waals surface area contributed by atoms with Gasteiger partial charge in [-0.15, -0.1) is 11.8 Å². The summed E-state index contributed by atoms with van der Waals surface area (Å²) >= 11 is 1.10. The van der Waals surface area contributed by atoms with Gasteiger partial charge in [0.2, 0.25) is 11.7 Å². The fourth-order valence-corrected chi connectivity index (χ4v) is 3.57. The molecule has 0 radical (unpaired) electrons. The van der Waals surface area contributed by atoms with Crippen molar-refractivity contribution in [1.29, 1.82) is 0 Å². The Morgan fingerprint density at radius 3 is 2.42 bits per heavy atom. The van der Waals surface area contributed by atoms with Crippen LogP contribution in [0.25, 0.3) is 0 Å². The predicted octanol–water partition coefficient (Wildman–Crippen LogP) is 2.92. The number of aryl methyl sites for hydroxylation is 2. The fourth-order valence-electron chi connectivity index (χ4n) is 2.53. The molecule has 0 saturated carbocycles. The third-order valence-corrected chi connectivity index (χ3v) is 5.08. The van der Waals surface area contributed by atoms with E-state index in [4.69, 9.17) is 0 Å². The van der Waals surface area contributed by atoms with E-state index in [2.05, 4.69) is 10.6 Å². The van der Waals surface area contributed by atoms with E-state index in [1.807, 2.05) is 44.2 Å². The van der Waals surface area contributed by atoms with Gasteiger partial charge in [0.25, 0.3) is 5.91 Å². The zero-order valence-corrected chi connectivity index (χ0v) is 14.1. The minimum Gasteiger partial charge on any atom is -0.324 e. The summed E-state index contributed by atoms with van der Waals surface area (Å²) in [6.07, 6.45) is 0. The number of Topliss-reactive ketones (excluding diaryl/α,β-unsaturated/α-hetero) is 1. The monoisotopic (exact) mass is 340 g/mol. The van der Waals surface area contributed by atoms with Crippen molar-refractivity contribution >= 4 is 40.7 Å². The van der Waals surface area contributed by atoms with Gasteiger partial charge < -0.3 is 10.6 Å². The Morgan fingerprint density at radius 1 is 1.04 bits per heavy atom. The number of amides is 2. The molecule has 1 aliphatic heterocycles. The molecule has 0 bridgehead atoms. The first-order valence-corrected chi connectivity index (χ1v) is 8.33. The first kappa shape index (κ1) is 16.3. The molecule has 0 aromatic heterocycles. The Labute approximate surface area is 143 Å². The molecular formula is C18H16N2O3S. The molecule has 122 valence electrons. The highest BCUT2D eigenvalue weighted by Gasteiger charge is 2.36. The fraction of sp³-hybridized carbons (Fsp3) is 0.167. The van der Waals surface area contributed by atoms with Crippen LogP contribution in [0.5, 0.6) is 0 Å². The van der Waals surface area contributed by atoms with Gasteiger partial charge in [0.15, 0.2) is 5.25 Å². The molecule has 2 aromatic carbocycles. The van der Waals surface area contributed by atoms with Gasteiger partial charge in [0.1, 0.15) is 0 Å². The highest BCUT2D eigenvalue weighted by molar-refractivity contribution is 8.01. The van der Waals surface area contributed by atoms with Crippen molar-refractivity contribution in [2.24, 2.45) is 0 Å². The molecule has 24 heavy (non-hydrogen) atoms. The van der Waals surface area contributed by atoms with Gasteiger partial charge in [-0.25, -0.2) is 0 Å². The lowest BCUT2D eigenvalue weighted by Crippen LogP contribution is -2.41. The summed E-state index contributed by atoms with van der Waals surface area (Å²) in [6, 6.07) is 12.8. The van der Waals surface area contributed by atoms with Gasteiger partial charge >= 0.3 is 0 Å². The molecule has 2 N–H and O–H groups in total. The van der Waals surface area contributed by atoms with E-state index in [0.29, 0.717) is 11.4 Å². The molecule has 1 atom stereocenters. The molecule has 0 saturated heterocycles. The lowest BCUT2D eigenvalue weighted by atomic mass is 10.1. The minimum atomic E-state index is -1.08. The van der Waals surface area contributed by atoms with Crippen LogP contribution in [0.2, 0.25) is 0 Å². The van der Waals surface area contributed by atoms with Crippen LogP contribution in [0.1, 0.15) is 11.1 Å². The molecule has 3 rings (SSSR count). The molecule has 0 aliphatic carbocycles. The normalized spacial score (nSPS) is 16.1. The number of ketones is 1. The molecular weight excluding hydrogens is 324 g/mol. The first-order valence-electron chi connectivity index (χ1n) is 7.45. The maximum absolute atomic E-state index is 12.5. The number of para-hydroxylation sites is 2. The SMILES string of the molecule is Cc1cccc(C)c1NC(=O)C(=O)[C@@H]1Sc2ccccc2NC1=O. The molecule has 0 spiro atoms. The first-order chi connectivity index (χ1) is 11.5. The van der Waals surface area contributed by atoms with E-state index < -0.39 is 22.8 Å². The largest absolute Gasteiger partial charge is 0.324 e. The number of carbonyl (C=O) groups is 3. The van der Waals surface area contributed by atoms with E-state index in [1.165, 1.54) is 0 Å². The average Bonchev–Trinajstić information content (AvgIpc) is 2.57. The summed E-state index contributed by atoms with van der Waals surface area (Å²) in [7, 11) is 0. The molecule has 5 nitrogen and oxygen atoms in total. The Kier molecular flexibility index (Phi) is 4.40. The summed E-state index contributed by atoms with van der Waals surface area (Å²) in [5.41, 5.74) is 2.99. The maximum atomic E-state index is 12.5. The van der Waals surface area contributed by atoms with Crippen molar-refractivity contribution in [3.8, 4) is 0 Å². The second kappa shape index (κ2) is 6.49. The molecule has 1 heterocycles. The van der Waals surface area contributed by atoms with Crippen molar-refractivity contribution in [3.05, 3.63) is 53.6 Å². The lowest BCUT2D eigenvalue weighted by Gasteiger charge is -2.22. The number of hydrogen-bond donors (Lipinski definition) is 2. The second-order valence-electron chi connectivity index (χ2n) is 5.57. The molecule has 2 amide bonds. The number of nitrogens with one attached hydrogen (secondary N) is 2. The van der Waals surface area contributed by atoms with Crippen LogP contribution in [-0.2, 0) is 14.4 Å². The third kappa shape index (κ3) is 3.05. The Hall–Kier alpha value is -2.60. The van der Waals surface area contributed by atoms with Gasteiger partial charge in [-0.2, -0.15) is 0 Å². The van der Waals surface area contributed by atoms with Crippen LogP contribution < -0.4 is 10.6 Å². The van der Waals surface area contributed by atoms with Crippen LogP contribution in [0, 0.1) is 13.8 Å². The van der Waals surface area contributed by atoms with E-state index >= 15 is 0 Å². The summed E-state index contributed by atoms with van der Waals surface area (Å²) in [4.78, 5) is 37.7. The number of carbonyl (C=O) groups excluding carboxylic acids is 3. The smallest absolute Gasteiger partial charge is 0.293 e. The highest BCUT2D eigenvalue weighted by Crippen LogP contribution is 2.35. The predicted molar refractivity (Wildman–Crippen MR) is 94.3 cm³/mol. The average molecular weight is 340 g/mol. The number of benzene rings is 2. The number of hydrogen-bond acceptors (Lipinski definition) is 4. The standard InChI is InChI=1S/C18H16N2O3S/c1-10-6-5-7-11(2)14(10)20-17(22)15(21)16-18(23)19-12-8-3-4-9-13(12)24-16/h3-9,16H,1-2H3,(H,19,23)(H,20,22)/t16-/m0/s1. The van der Waals surface area contributed by atoms with E-state index in [9.17, 15) is 14.4 Å². The maximum Gasteiger partial charge on any atom is 0.293 e. The Morgan fingerprint density at radius 2 is 1.71 bits per heavy atom. The van der Waals surface area contributed by atoms with Crippen LogP contribution in [0.15, 0.2) is 47.4 Å². The van der Waals surface area contributed by atoms with E-state index in [0.717, 1.165) is 27.8 Å². The highest BCUT2D eigenvalue weighted by atomic mass is 32.2. The number of anilines is 2. The van der Waals surface area contributed by atoms with E-state index in [1.54, 1.807) is 12.1 Å². The van der Waals surface area contributed by atoms with Crippen LogP contribution in [-0.4, -0.2) is 22.8 Å². The lowest BCUT2D eigenvalue weighted by molar-refractivity contribution is -0.136. The van der Waals surface area contributed by atoms with Gasteiger partial charge in [-0.3, -0.25) is 14.4 Å². The quantitative estimate of drug-likeness (QED) is 0.665. The summed E-state index contributed by atoms with van der Waals surface area (Å²) < 4.78 is 0. The van der Waals surface area contributed by atoms with E-state index in [-0.39, 0.29) is 0 Å². The summed E-state index contributed by atoms with van der Waals surface area (Å²) in [5, 5.41) is 4.23. The Bertz CT molecular complexity index is 828. The second-order valence-corrected chi connectivity index (χ2v) is 6.72. The molecule has 2 aromatic rings. The van der Waals surface area contributed by atoms with Crippen LogP contribution in [0.3, 0.4) is 0 Å². The number of rotatable bonds is 3. The third-order valence-electron chi connectivity index (χ3n) is 3.81. The number of fused-ring (bicyclic) bond motifs is 1. The van der Waals surface area contributed by atoms with Crippen molar-refractivity contribution in [2.45, 2.75) is 24.0 Å².